The third-order valence-electron chi connectivity index (χ3n) is 12.8. The van der Waals surface area contributed by atoms with Crippen LogP contribution in [-0.2, 0) is 5.54 Å². The van der Waals surface area contributed by atoms with Crippen molar-refractivity contribution in [3.05, 3.63) is 289 Å². The molecule has 0 aliphatic carbocycles. The molecule has 1 aliphatic rings. The lowest BCUT2D eigenvalue weighted by Crippen LogP contribution is -2.52. The van der Waals surface area contributed by atoms with Gasteiger partial charge < -0.3 is 10.6 Å². The number of rotatable bonds is 14. The van der Waals surface area contributed by atoms with E-state index in [1.54, 1.807) is 0 Å². The minimum atomic E-state index is -1.08. The van der Waals surface area contributed by atoms with E-state index in [1.807, 2.05) is 60.7 Å². The van der Waals surface area contributed by atoms with Crippen LogP contribution in [0.3, 0.4) is 0 Å². The summed E-state index contributed by atoms with van der Waals surface area (Å²) in [6, 6.07) is 88.8. The van der Waals surface area contributed by atoms with Crippen molar-refractivity contribution >= 4 is 59.5 Å². The molecule has 2 amide bonds. The van der Waals surface area contributed by atoms with Crippen molar-refractivity contribution in [1.82, 2.24) is 15.5 Å². The number of likely N-dealkylation sites (tertiary alicyclic amines) is 1. The van der Waals surface area contributed by atoms with E-state index in [2.05, 4.69) is 216 Å². The van der Waals surface area contributed by atoms with Gasteiger partial charge in [0.2, 0.25) is 0 Å². The van der Waals surface area contributed by atoms with Crippen molar-refractivity contribution in [3.8, 4) is 0 Å². The summed E-state index contributed by atoms with van der Waals surface area (Å²) in [4.78, 5) is 33.0. The first kappa shape index (κ1) is 44.6. The standard InChI is InChI=1S/C61H51N3O2P2/c65-59(53-40-22-24-42-57(53)67(49-32-14-4-15-33-49)50-34-16-5-17-35-50)62-55-44-64(61(46-26-8-1-9-27-46,47-28-10-2-11-29-47)48-30-12-3-13-31-48)45-56(55)63-60(66)54-41-23-25-43-58(54)68(51-36-18-6-19-37-51)52-38-20-7-21-39-52/h1-43,55-56H,44-45H2,(H,62,65)(H,63,66)/t55-,56-/m1/s1. The van der Waals surface area contributed by atoms with Gasteiger partial charge in [-0.1, -0.05) is 249 Å². The van der Waals surface area contributed by atoms with Gasteiger partial charge in [0, 0.05) is 24.2 Å². The lowest BCUT2D eigenvalue weighted by molar-refractivity contribution is 0.0898. The van der Waals surface area contributed by atoms with Crippen LogP contribution in [0, 0.1) is 0 Å². The highest BCUT2D eigenvalue weighted by Gasteiger charge is 2.49. The zero-order valence-electron chi connectivity index (χ0n) is 37.6. The van der Waals surface area contributed by atoms with Crippen LogP contribution >= 0.6 is 15.8 Å². The molecule has 5 nitrogen and oxygen atoms in total. The molecule has 0 aromatic heterocycles. The Balaban J connectivity index is 1.08. The Morgan fingerprint density at radius 2 is 0.603 bits per heavy atom. The Labute approximate surface area is 402 Å². The molecule has 0 spiro atoms. The molecule has 68 heavy (non-hydrogen) atoms. The van der Waals surface area contributed by atoms with Gasteiger partial charge in [-0.25, -0.2) is 0 Å². The molecule has 2 N–H and O–H groups in total. The summed E-state index contributed by atoms with van der Waals surface area (Å²) in [5.41, 5.74) is 3.76. The maximum absolute atomic E-state index is 15.3. The second-order valence-electron chi connectivity index (χ2n) is 16.9. The highest BCUT2D eigenvalue weighted by Crippen LogP contribution is 2.44. The largest absolute Gasteiger partial charge is 0.346 e. The van der Waals surface area contributed by atoms with Crippen LogP contribution in [0.2, 0.25) is 0 Å². The van der Waals surface area contributed by atoms with Gasteiger partial charge in [-0.15, -0.1) is 0 Å². The van der Waals surface area contributed by atoms with Crippen LogP contribution in [0.1, 0.15) is 37.4 Å². The van der Waals surface area contributed by atoms with E-state index in [0.717, 1.165) is 48.5 Å². The van der Waals surface area contributed by atoms with Crippen LogP contribution in [0.15, 0.2) is 261 Å². The molecule has 7 heteroatoms. The van der Waals surface area contributed by atoms with Gasteiger partial charge in [0.25, 0.3) is 11.8 Å². The zero-order chi connectivity index (χ0) is 46.1. The smallest absolute Gasteiger partial charge is 0.252 e. The van der Waals surface area contributed by atoms with Crippen molar-refractivity contribution in [2.45, 2.75) is 17.6 Å². The molecule has 1 aliphatic heterocycles. The van der Waals surface area contributed by atoms with Gasteiger partial charge in [-0.05, 0) is 76.5 Å². The predicted octanol–water partition coefficient (Wildman–Crippen LogP) is 9.41. The quantitative estimate of drug-likeness (QED) is 0.0845. The summed E-state index contributed by atoms with van der Waals surface area (Å²) in [5, 5.41) is 13.7. The molecular formula is C61H51N3O2P2. The summed E-state index contributed by atoms with van der Waals surface area (Å²) in [5.74, 6) is -0.347. The predicted molar refractivity (Wildman–Crippen MR) is 284 cm³/mol. The Kier molecular flexibility index (Phi) is 13.6. The lowest BCUT2D eigenvalue weighted by atomic mass is 9.75. The van der Waals surface area contributed by atoms with Gasteiger partial charge in [0.15, 0.2) is 0 Å². The Hall–Kier alpha value is -7.26. The van der Waals surface area contributed by atoms with Crippen molar-refractivity contribution in [1.29, 1.82) is 0 Å². The van der Waals surface area contributed by atoms with Crippen LogP contribution < -0.4 is 42.5 Å². The topological polar surface area (TPSA) is 61.4 Å². The minimum absolute atomic E-state index is 0.173. The fourth-order valence-corrected chi connectivity index (χ4v) is 14.7. The average molecular weight is 920 g/mol. The number of nitrogens with zero attached hydrogens (tertiary/aromatic N) is 1. The molecule has 9 aromatic rings. The van der Waals surface area contributed by atoms with Gasteiger partial charge >= 0.3 is 0 Å². The van der Waals surface area contributed by atoms with Crippen molar-refractivity contribution in [3.63, 3.8) is 0 Å². The monoisotopic (exact) mass is 919 g/mol. The zero-order valence-corrected chi connectivity index (χ0v) is 39.3. The van der Waals surface area contributed by atoms with Gasteiger partial charge in [0.1, 0.15) is 0 Å². The van der Waals surface area contributed by atoms with E-state index in [1.165, 1.54) is 0 Å². The highest BCUT2D eigenvalue weighted by molar-refractivity contribution is 7.80. The van der Waals surface area contributed by atoms with E-state index in [-0.39, 0.29) is 11.8 Å². The molecule has 1 heterocycles. The summed E-state index contributed by atoms with van der Waals surface area (Å²) < 4.78 is 0. The molecule has 1 saturated heterocycles. The fourth-order valence-electron chi connectivity index (χ4n) is 9.83. The summed E-state index contributed by atoms with van der Waals surface area (Å²) in [6.07, 6.45) is 0. The Bertz CT molecular complexity index is 2750. The normalized spacial score (nSPS) is 15.0. The highest BCUT2D eigenvalue weighted by atomic mass is 31.1. The number of carbonyl (C=O) groups excluding carboxylic acids is 2. The van der Waals surface area contributed by atoms with E-state index < -0.39 is 33.5 Å². The third-order valence-corrected chi connectivity index (χ3v) is 17.8. The number of benzene rings is 9. The number of hydrogen-bond donors (Lipinski definition) is 2. The van der Waals surface area contributed by atoms with Gasteiger partial charge in [-0.2, -0.15) is 0 Å². The maximum Gasteiger partial charge on any atom is 0.252 e. The molecule has 0 unspecified atom stereocenters. The fraction of sp³-hybridized carbons (Fsp3) is 0.0820. The molecule has 2 atom stereocenters. The van der Waals surface area contributed by atoms with Crippen LogP contribution in [-0.4, -0.2) is 41.9 Å². The summed E-state index contributed by atoms with van der Waals surface area (Å²) in [7, 11) is -2.16. The SMILES string of the molecule is O=C(N[C@@H]1CN(C(c2ccccc2)(c2ccccc2)c2ccccc2)C[C@H]1NC(=O)c1ccccc1P(c1ccccc1)c1ccccc1)c1ccccc1P(c1ccccc1)c1ccccc1. The molecular weight excluding hydrogens is 869 g/mol. The van der Waals surface area contributed by atoms with Gasteiger partial charge in [-0.3, -0.25) is 14.5 Å². The van der Waals surface area contributed by atoms with Crippen molar-refractivity contribution in [2.24, 2.45) is 0 Å². The third kappa shape index (κ3) is 9.09. The number of hydrogen-bond acceptors (Lipinski definition) is 3. The Morgan fingerprint density at radius 3 is 0.897 bits per heavy atom. The molecule has 0 radical (unpaired) electrons. The summed E-state index contributed by atoms with van der Waals surface area (Å²) >= 11 is 0. The summed E-state index contributed by atoms with van der Waals surface area (Å²) in [6.45, 7) is 0.901. The Morgan fingerprint density at radius 1 is 0.353 bits per heavy atom. The number of amides is 2. The minimum Gasteiger partial charge on any atom is -0.346 e. The average Bonchev–Trinajstić information content (AvgIpc) is 3.80. The second-order valence-corrected chi connectivity index (χ2v) is 21.3. The molecule has 0 saturated carbocycles. The van der Waals surface area contributed by atoms with E-state index in [0.29, 0.717) is 24.2 Å². The molecule has 9 aromatic carbocycles. The molecule has 10 rings (SSSR count). The van der Waals surface area contributed by atoms with Crippen molar-refractivity contribution in [2.75, 3.05) is 13.1 Å². The number of nitrogens with one attached hydrogen (secondary N) is 2. The van der Waals surface area contributed by atoms with E-state index in [4.69, 9.17) is 0 Å². The number of carbonyl (C=O) groups is 2. The first-order valence-corrected chi connectivity index (χ1v) is 25.8. The lowest BCUT2D eigenvalue weighted by Gasteiger charge is -2.44. The van der Waals surface area contributed by atoms with Gasteiger partial charge in [0.05, 0.1) is 17.6 Å². The first-order valence-electron chi connectivity index (χ1n) is 23.1. The van der Waals surface area contributed by atoms with Crippen LogP contribution in [0.5, 0.6) is 0 Å². The van der Waals surface area contributed by atoms with E-state index >= 15 is 9.59 Å². The molecule has 332 valence electrons. The van der Waals surface area contributed by atoms with E-state index in [9.17, 15) is 0 Å². The van der Waals surface area contributed by atoms with Crippen LogP contribution in [0.25, 0.3) is 0 Å². The second kappa shape index (κ2) is 20.7. The maximum atomic E-state index is 15.3. The molecule has 0 bridgehead atoms. The van der Waals surface area contributed by atoms with Crippen molar-refractivity contribution < 1.29 is 9.59 Å². The van der Waals surface area contributed by atoms with Crippen LogP contribution in [0.4, 0.5) is 0 Å². The molecule has 1 fully saturated rings. The first-order chi connectivity index (χ1) is 33.6.